The first kappa shape index (κ1) is 45.1. The Bertz CT molecular complexity index is 2080. The lowest BCUT2D eigenvalue weighted by Crippen LogP contribution is -2.46. The zero-order valence-electron chi connectivity index (χ0n) is 34.8. The molecule has 4 aromatic rings. The Morgan fingerprint density at radius 2 is 1.45 bits per heavy atom. The van der Waals surface area contributed by atoms with E-state index in [0.29, 0.717) is 38.6 Å². The monoisotopic (exact) mass is 844 g/mol. The molecule has 62 heavy (non-hydrogen) atoms. The third-order valence-corrected chi connectivity index (χ3v) is 11.1. The summed E-state index contributed by atoms with van der Waals surface area (Å²) in [5.74, 6) is -2.34. The van der Waals surface area contributed by atoms with Gasteiger partial charge in [0.15, 0.2) is 0 Å². The lowest BCUT2D eigenvalue weighted by molar-refractivity contribution is -0.147. The number of esters is 1. The third kappa shape index (κ3) is 13.5. The van der Waals surface area contributed by atoms with Crippen molar-refractivity contribution in [3.05, 3.63) is 144 Å². The second-order valence-corrected chi connectivity index (χ2v) is 15.7. The number of hydrogen-bond acceptors (Lipinski definition) is 9. The van der Waals surface area contributed by atoms with E-state index in [4.69, 9.17) is 14.2 Å². The lowest BCUT2D eigenvalue weighted by atomic mass is 9.97. The molecule has 0 saturated carbocycles. The van der Waals surface area contributed by atoms with E-state index in [1.807, 2.05) is 103 Å². The highest BCUT2D eigenvalue weighted by atomic mass is 16.6. The maximum Gasteiger partial charge on any atom is 0.407 e. The summed E-state index contributed by atoms with van der Waals surface area (Å²) in [7, 11) is 0. The second kappa shape index (κ2) is 23.5. The minimum absolute atomic E-state index is 0.0789. The summed E-state index contributed by atoms with van der Waals surface area (Å²) < 4.78 is 16.8. The highest BCUT2D eigenvalue weighted by Gasteiger charge is 2.31. The van der Waals surface area contributed by atoms with Gasteiger partial charge in [-0.1, -0.05) is 121 Å². The van der Waals surface area contributed by atoms with Crippen LogP contribution in [0.15, 0.2) is 121 Å². The summed E-state index contributed by atoms with van der Waals surface area (Å²) in [5.41, 5.74) is 6.16. The molecule has 0 bridgehead atoms. The number of fused-ring (bicyclic) bond motifs is 3. The smallest absolute Gasteiger partial charge is 0.407 e. The normalized spacial score (nSPS) is 18.2. The number of amides is 4. The SMILES string of the molecule is O=C(C[C@H]1CC=CCC[C@H](NC(=O)OCC2c3ccccc3-c3ccccc32)C(=O)OC[C@H](CCCCNC(=O)OCc2ccccc2)NC1=O)N[C@@H](CO)Cc1ccccc1. The number of aliphatic hydroxyl groups is 1. The van der Waals surface area contributed by atoms with Gasteiger partial charge < -0.3 is 40.6 Å². The van der Waals surface area contributed by atoms with Gasteiger partial charge in [-0.15, -0.1) is 0 Å². The highest BCUT2D eigenvalue weighted by molar-refractivity contribution is 5.86. The molecule has 0 saturated heterocycles. The number of alkyl carbamates (subject to hydrolysis) is 2. The number of aliphatic hydroxyl groups excluding tert-OH is 1. The van der Waals surface area contributed by atoms with Crippen molar-refractivity contribution >= 4 is 30.0 Å². The molecule has 5 N–H and O–H groups in total. The van der Waals surface area contributed by atoms with Crippen LogP contribution in [0.25, 0.3) is 11.1 Å². The van der Waals surface area contributed by atoms with E-state index in [0.717, 1.165) is 33.4 Å². The number of unbranched alkanes of at least 4 members (excludes halogenated alkanes) is 1. The van der Waals surface area contributed by atoms with Gasteiger partial charge in [0.25, 0.3) is 0 Å². The fourth-order valence-electron chi connectivity index (χ4n) is 7.81. The maximum atomic E-state index is 13.8. The van der Waals surface area contributed by atoms with Crippen LogP contribution in [-0.2, 0) is 41.6 Å². The fraction of sp³-hybridized carbons (Fsp3) is 0.367. The predicted molar refractivity (Wildman–Crippen MR) is 234 cm³/mol. The first-order chi connectivity index (χ1) is 30.3. The van der Waals surface area contributed by atoms with Crippen LogP contribution in [-0.4, -0.2) is 79.6 Å². The third-order valence-electron chi connectivity index (χ3n) is 11.1. The van der Waals surface area contributed by atoms with Crippen molar-refractivity contribution in [2.45, 2.75) is 82.0 Å². The van der Waals surface area contributed by atoms with Crippen LogP contribution in [0.2, 0.25) is 0 Å². The number of hydrogen-bond donors (Lipinski definition) is 5. The van der Waals surface area contributed by atoms with E-state index in [9.17, 15) is 29.1 Å². The first-order valence-corrected chi connectivity index (χ1v) is 21.4. The van der Waals surface area contributed by atoms with Gasteiger partial charge in [-0.25, -0.2) is 14.4 Å². The number of carbonyl (C=O) groups excluding carboxylic acids is 5. The van der Waals surface area contributed by atoms with Gasteiger partial charge in [-0.05, 0) is 78.3 Å². The minimum atomic E-state index is -1.03. The van der Waals surface area contributed by atoms with Crippen molar-refractivity contribution in [1.29, 1.82) is 0 Å². The molecular weight excluding hydrogens is 789 g/mol. The number of ether oxygens (including phenoxy) is 3. The van der Waals surface area contributed by atoms with E-state index >= 15 is 0 Å². The molecule has 0 aromatic heterocycles. The van der Waals surface area contributed by atoms with Crippen LogP contribution in [0.1, 0.15) is 73.1 Å². The molecule has 13 heteroatoms. The van der Waals surface area contributed by atoms with Crippen molar-refractivity contribution in [2.75, 3.05) is 26.4 Å². The van der Waals surface area contributed by atoms with E-state index in [1.54, 1.807) is 6.08 Å². The Morgan fingerprint density at radius 3 is 2.15 bits per heavy atom. The van der Waals surface area contributed by atoms with Crippen molar-refractivity contribution < 1.29 is 43.3 Å². The Kier molecular flexibility index (Phi) is 17.1. The number of benzene rings is 4. The molecule has 2 aliphatic rings. The number of cyclic esters (lactones) is 1. The molecule has 1 heterocycles. The Morgan fingerprint density at radius 1 is 0.790 bits per heavy atom. The standard InChI is InChI=1S/C49H56N4O9/c54-30-38(28-34-16-4-1-5-17-34)51-45(55)29-36-20-8-3-9-26-44(53-49(59)62-33-43-41-24-12-10-22-39(41)40-23-11-13-25-42(40)43)47(57)60-32-37(52-46(36)56)21-14-15-27-50-48(58)61-31-35-18-6-2-7-19-35/h1-8,10-13,16-19,22-25,36-38,43-44,54H,9,14-15,20-21,26-33H2,(H,50,58)(H,51,55)(H,52,56)(H,53,59)/t36-,37+,38-,44+/m1/s1. The van der Waals surface area contributed by atoms with Gasteiger partial charge >= 0.3 is 18.2 Å². The Hall–Kier alpha value is -6.47. The van der Waals surface area contributed by atoms with Crippen LogP contribution in [0.4, 0.5) is 9.59 Å². The molecule has 6 rings (SSSR count). The summed E-state index contributed by atoms with van der Waals surface area (Å²) in [6.45, 7) is 0.0926. The van der Waals surface area contributed by atoms with Gasteiger partial charge in [-0.3, -0.25) is 9.59 Å². The maximum absolute atomic E-state index is 13.8. The largest absolute Gasteiger partial charge is 0.462 e. The summed E-state index contributed by atoms with van der Waals surface area (Å²) in [6, 6.07) is 32.7. The summed E-state index contributed by atoms with van der Waals surface area (Å²) in [5, 5.41) is 21.4. The average molecular weight is 845 g/mol. The van der Waals surface area contributed by atoms with Gasteiger partial charge in [0, 0.05) is 18.9 Å². The molecule has 0 spiro atoms. The summed E-state index contributed by atoms with van der Waals surface area (Å²) in [6.07, 6.45) is 4.93. The van der Waals surface area contributed by atoms with E-state index in [2.05, 4.69) is 33.4 Å². The fourth-order valence-corrected chi connectivity index (χ4v) is 7.81. The molecule has 0 unspecified atom stereocenters. The van der Waals surface area contributed by atoms with Crippen molar-refractivity contribution in [1.82, 2.24) is 21.3 Å². The van der Waals surface area contributed by atoms with E-state index in [1.165, 1.54) is 0 Å². The van der Waals surface area contributed by atoms with Crippen LogP contribution in [0.3, 0.4) is 0 Å². The van der Waals surface area contributed by atoms with Crippen LogP contribution >= 0.6 is 0 Å². The van der Waals surface area contributed by atoms with Crippen molar-refractivity contribution in [3.63, 3.8) is 0 Å². The highest BCUT2D eigenvalue weighted by Crippen LogP contribution is 2.44. The number of nitrogens with one attached hydrogen (secondary N) is 4. The van der Waals surface area contributed by atoms with Crippen molar-refractivity contribution in [3.8, 4) is 11.1 Å². The van der Waals surface area contributed by atoms with Crippen molar-refractivity contribution in [2.24, 2.45) is 5.92 Å². The Balaban J connectivity index is 1.07. The topological polar surface area (TPSA) is 181 Å². The summed E-state index contributed by atoms with van der Waals surface area (Å²) in [4.78, 5) is 66.3. The number of carbonyl (C=O) groups is 5. The zero-order chi connectivity index (χ0) is 43.5. The molecule has 1 aliphatic carbocycles. The van der Waals surface area contributed by atoms with Crippen LogP contribution in [0, 0.1) is 5.92 Å². The Labute approximate surface area is 362 Å². The number of rotatable bonds is 16. The van der Waals surface area contributed by atoms with Gasteiger partial charge in [0.1, 0.15) is 25.9 Å². The molecule has 0 radical (unpaired) electrons. The zero-order valence-corrected chi connectivity index (χ0v) is 34.8. The molecular formula is C49H56N4O9. The predicted octanol–water partition coefficient (Wildman–Crippen LogP) is 6.48. The van der Waals surface area contributed by atoms with Crippen LogP contribution < -0.4 is 21.3 Å². The quantitative estimate of drug-likeness (QED) is 0.0365. The van der Waals surface area contributed by atoms with Gasteiger partial charge in [0.05, 0.1) is 24.6 Å². The van der Waals surface area contributed by atoms with Gasteiger partial charge in [-0.2, -0.15) is 0 Å². The molecule has 326 valence electrons. The number of allylic oxidation sites excluding steroid dienone is 2. The van der Waals surface area contributed by atoms with Crippen LogP contribution in [0.5, 0.6) is 0 Å². The molecule has 0 fully saturated rings. The van der Waals surface area contributed by atoms with E-state index < -0.39 is 42.2 Å². The first-order valence-electron chi connectivity index (χ1n) is 21.4. The molecule has 4 amide bonds. The minimum Gasteiger partial charge on any atom is -0.462 e. The molecule has 4 atom stereocenters. The summed E-state index contributed by atoms with van der Waals surface area (Å²) >= 11 is 0. The molecule has 13 nitrogen and oxygen atoms in total. The van der Waals surface area contributed by atoms with E-state index in [-0.39, 0.29) is 63.4 Å². The molecule has 1 aliphatic heterocycles. The second-order valence-electron chi connectivity index (χ2n) is 15.7. The van der Waals surface area contributed by atoms with Gasteiger partial charge in [0.2, 0.25) is 11.8 Å². The lowest BCUT2D eigenvalue weighted by Gasteiger charge is -2.24. The molecule has 4 aromatic carbocycles. The average Bonchev–Trinajstić information content (AvgIpc) is 3.61.